The molecule has 1 atom stereocenters. The van der Waals surface area contributed by atoms with Gasteiger partial charge in [0, 0.05) is 12.4 Å². The lowest BCUT2D eigenvalue weighted by Crippen LogP contribution is -2.16. The normalized spacial score (nSPS) is 16.7. The Morgan fingerprint density at radius 1 is 1.12 bits per heavy atom. The zero-order valence-electron chi connectivity index (χ0n) is 14.3. The summed E-state index contributed by atoms with van der Waals surface area (Å²) in [5.41, 5.74) is 2.15. The lowest BCUT2D eigenvalue weighted by atomic mass is 10.2. The maximum Gasteiger partial charge on any atom is 0.214 e. The number of aromatic nitrogens is 4. The number of para-hydroxylation sites is 1. The highest BCUT2D eigenvalue weighted by atomic mass is 32.2. The van der Waals surface area contributed by atoms with Crippen LogP contribution < -0.4 is 4.74 Å². The molecular weight excluding hydrogens is 348 g/mol. The van der Waals surface area contributed by atoms with Gasteiger partial charge in [-0.05, 0) is 53.1 Å². The number of hydrogen-bond donors (Lipinski definition) is 0. The molecule has 1 unspecified atom stereocenters. The van der Waals surface area contributed by atoms with Crippen LogP contribution in [0.15, 0.2) is 59.8 Å². The Labute approximate surface area is 156 Å². The highest BCUT2D eigenvalue weighted by Gasteiger charge is 2.16. The predicted molar refractivity (Wildman–Crippen MR) is 99.6 cm³/mol. The van der Waals surface area contributed by atoms with Gasteiger partial charge in [0.15, 0.2) is 0 Å². The fourth-order valence-electron chi connectivity index (χ4n) is 2.79. The number of tetrazole rings is 1. The summed E-state index contributed by atoms with van der Waals surface area (Å²) in [6.45, 7) is 1.48. The Bertz CT molecular complexity index is 817. The molecule has 1 aliphatic heterocycles. The van der Waals surface area contributed by atoms with Crippen molar-refractivity contribution < 1.29 is 9.47 Å². The van der Waals surface area contributed by atoms with Crippen molar-refractivity contribution >= 4 is 11.8 Å². The van der Waals surface area contributed by atoms with Gasteiger partial charge in [0.1, 0.15) is 12.4 Å². The van der Waals surface area contributed by atoms with Gasteiger partial charge in [0.25, 0.3) is 0 Å². The summed E-state index contributed by atoms with van der Waals surface area (Å²) in [6, 6.07) is 18.1. The maximum atomic E-state index is 5.80. The van der Waals surface area contributed by atoms with E-state index >= 15 is 0 Å². The largest absolute Gasteiger partial charge is 0.491 e. The van der Waals surface area contributed by atoms with E-state index in [0.717, 1.165) is 41.8 Å². The summed E-state index contributed by atoms with van der Waals surface area (Å²) in [7, 11) is 0. The van der Waals surface area contributed by atoms with Gasteiger partial charge >= 0.3 is 0 Å². The summed E-state index contributed by atoms with van der Waals surface area (Å²) < 4.78 is 13.1. The van der Waals surface area contributed by atoms with Crippen LogP contribution in [0.5, 0.6) is 5.75 Å². The van der Waals surface area contributed by atoms with E-state index in [1.807, 2.05) is 42.5 Å². The quantitative estimate of drug-likeness (QED) is 0.595. The Kier molecular flexibility index (Phi) is 5.47. The molecule has 0 amide bonds. The smallest absolute Gasteiger partial charge is 0.214 e. The molecule has 0 N–H and O–H groups in total. The molecule has 2 aromatic carbocycles. The monoisotopic (exact) mass is 368 g/mol. The van der Waals surface area contributed by atoms with E-state index in [1.54, 1.807) is 16.4 Å². The Balaban J connectivity index is 1.33. The van der Waals surface area contributed by atoms with E-state index in [2.05, 4.69) is 27.7 Å². The number of benzene rings is 2. The number of nitrogens with zero attached hydrogens (tertiary/aromatic N) is 4. The van der Waals surface area contributed by atoms with Crippen LogP contribution in [-0.2, 0) is 10.5 Å². The predicted octanol–water partition coefficient (Wildman–Crippen LogP) is 3.51. The molecule has 4 rings (SSSR count). The number of thioether (sulfide) groups is 1. The minimum atomic E-state index is 0.238. The summed E-state index contributed by atoms with van der Waals surface area (Å²) in [5.74, 6) is 1.67. The topological polar surface area (TPSA) is 62.1 Å². The van der Waals surface area contributed by atoms with Gasteiger partial charge in [-0.1, -0.05) is 42.1 Å². The zero-order valence-corrected chi connectivity index (χ0v) is 15.1. The van der Waals surface area contributed by atoms with Crippen LogP contribution >= 0.6 is 11.8 Å². The molecule has 0 bridgehead atoms. The van der Waals surface area contributed by atoms with Crippen LogP contribution in [0, 0.1) is 0 Å². The third-order valence-electron chi connectivity index (χ3n) is 4.19. The molecule has 0 radical (unpaired) electrons. The molecule has 7 heteroatoms. The van der Waals surface area contributed by atoms with Crippen molar-refractivity contribution in [3.63, 3.8) is 0 Å². The van der Waals surface area contributed by atoms with Gasteiger partial charge in [-0.3, -0.25) is 0 Å². The Morgan fingerprint density at radius 3 is 2.73 bits per heavy atom. The summed E-state index contributed by atoms with van der Waals surface area (Å²) in [5, 5.41) is 12.8. The fraction of sp³-hybridized carbons (Fsp3) is 0.316. The molecule has 1 aliphatic rings. The first kappa shape index (κ1) is 17.1. The average Bonchev–Trinajstić information content (AvgIpc) is 3.38. The second kappa shape index (κ2) is 8.33. The minimum Gasteiger partial charge on any atom is -0.491 e. The fourth-order valence-corrected chi connectivity index (χ4v) is 3.64. The number of ether oxygens (including phenoxy) is 2. The van der Waals surface area contributed by atoms with E-state index in [9.17, 15) is 0 Å². The Hall–Kier alpha value is -2.38. The minimum absolute atomic E-state index is 0.238. The van der Waals surface area contributed by atoms with Gasteiger partial charge in [0.05, 0.1) is 11.8 Å². The van der Waals surface area contributed by atoms with Crippen molar-refractivity contribution in [2.24, 2.45) is 0 Å². The second-order valence-electron chi connectivity index (χ2n) is 6.09. The number of hydrogen-bond acceptors (Lipinski definition) is 6. The van der Waals surface area contributed by atoms with Crippen LogP contribution in [-0.4, -0.2) is 39.5 Å². The van der Waals surface area contributed by atoms with Crippen LogP contribution in [0.4, 0.5) is 0 Å². The molecule has 1 fully saturated rings. The summed E-state index contributed by atoms with van der Waals surface area (Å²) >= 11 is 1.61. The van der Waals surface area contributed by atoms with Crippen molar-refractivity contribution in [1.29, 1.82) is 0 Å². The van der Waals surface area contributed by atoms with E-state index in [4.69, 9.17) is 9.47 Å². The van der Waals surface area contributed by atoms with Crippen LogP contribution in [0.1, 0.15) is 18.4 Å². The van der Waals surface area contributed by atoms with Crippen LogP contribution in [0.25, 0.3) is 5.69 Å². The van der Waals surface area contributed by atoms with Crippen molar-refractivity contribution in [3.8, 4) is 11.4 Å². The van der Waals surface area contributed by atoms with E-state index in [-0.39, 0.29) is 6.10 Å². The molecule has 3 aromatic rings. The molecule has 1 aromatic heterocycles. The average molecular weight is 368 g/mol. The molecule has 2 heterocycles. The van der Waals surface area contributed by atoms with Gasteiger partial charge in [-0.2, -0.15) is 4.68 Å². The number of rotatable bonds is 7. The van der Waals surface area contributed by atoms with Crippen molar-refractivity contribution in [2.75, 3.05) is 13.2 Å². The van der Waals surface area contributed by atoms with Crippen LogP contribution in [0.2, 0.25) is 0 Å². The molecule has 134 valence electrons. The lowest BCUT2D eigenvalue weighted by molar-refractivity contribution is 0.0679. The van der Waals surface area contributed by atoms with Gasteiger partial charge in [-0.15, -0.1) is 5.10 Å². The van der Waals surface area contributed by atoms with Crippen LogP contribution in [0.3, 0.4) is 0 Å². The summed E-state index contributed by atoms with van der Waals surface area (Å²) in [6.07, 6.45) is 2.46. The van der Waals surface area contributed by atoms with Crippen molar-refractivity contribution in [3.05, 3.63) is 60.2 Å². The standard InChI is InChI=1S/C19H20N4O2S/c1-2-5-16(6-3-1)23-19(20-21-22-23)26-14-15-8-10-17(11-9-15)25-13-18-7-4-12-24-18/h1-3,5-6,8-11,18H,4,7,12-14H2. The molecule has 26 heavy (non-hydrogen) atoms. The highest BCUT2D eigenvalue weighted by molar-refractivity contribution is 7.98. The Morgan fingerprint density at radius 2 is 1.96 bits per heavy atom. The SMILES string of the molecule is c1ccc(-n2nnnc2SCc2ccc(OCC3CCCO3)cc2)cc1. The molecule has 1 saturated heterocycles. The van der Waals surface area contributed by atoms with E-state index in [0.29, 0.717) is 6.61 Å². The van der Waals surface area contributed by atoms with Crippen molar-refractivity contribution in [1.82, 2.24) is 20.2 Å². The molecule has 0 saturated carbocycles. The molecule has 6 nitrogen and oxygen atoms in total. The summed E-state index contributed by atoms with van der Waals surface area (Å²) in [4.78, 5) is 0. The van der Waals surface area contributed by atoms with Gasteiger partial charge < -0.3 is 9.47 Å². The molecular formula is C19H20N4O2S. The first-order valence-corrected chi connectivity index (χ1v) is 9.67. The van der Waals surface area contributed by atoms with E-state index < -0.39 is 0 Å². The first-order chi connectivity index (χ1) is 12.9. The van der Waals surface area contributed by atoms with E-state index in [1.165, 1.54) is 5.56 Å². The van der Waals surface area contributed by atoms with Crippen molar-refractivity contribution in [2.45, 2.75) is 29.9 Å². The second-order valence-corrected chi connectivity index (χ2v) is 7.03. The van der Waals surface area contributed by atoms with Gasteiger partial charge in [-0.25, -0.2) is 0 Å². The highest BCUT2D eigenvalue weighted by Crippen LogP contribution is 2.24. The molecule has 0 aliphatic carbocycles. The zero-order chi connectivity index (χ0) is 17.6. The first-order valence-electron chi connectivity index (χ1n) is 8.68. The van der Waals surface area contributed by atoms with Gasteiger partial charge in [0.2, 0.25) is 5.16 Å². The lowest BCUT2D eigenvalue weighted by Gasteiger charge is -2.11. The third kappa shape index (κ3) is 4.23. The third-order valence-corrected chi connectivity index (χ3v) is 5.18. The maximum absolute atomic E-state index is 5.80. The molecule has 0 spiro atoms.